The zero-order chi connectivity index (χ0) is 14.8. The van der Waals surface area contributed by atoms with E-state index in [2.05, 4.69) is 33.0 Å². The van der Waals surface area contributed by atoms with Crippen molar-refractivity contribution in [2.45, 2.75) is 72.3 Å². The van der Waals surface area contributed by atoms with E-state index in [4.69, 9.17) is 4.74 Å². The summed E-state index contributed by atoms with van der Waals surface area (Å²) in [5.74, 6) is 1.56. The maximum atomic E-state index is 5.47. The Bertz CT molecular complexity index is 295. The predicted octanol–water partition coefficient (Wildman–Crippen LogP) is 4.24. The Morgan fingerprint density at radius 1 is 1.15 bits per heavy atom. The Hall–Kier alpha value is -0.0800. The van der Waals surface area contributed by atoms with Gasteiger partial charge in [-0.15, -0.1) is 0 Å². The number of methoxy groups -OCH3 is 1. The molecule has 2 saturated carbocycles. The molecule has 20 heavy (non-hydrogen) atoms. The maximum Gasteiger partial charge on any atom is 0.0493 e. The van der Waals surface area contributed by atoms with Gasteiger partial charge in [-0.3, -0.25) is 0 Å². The van der Waals surface area contributed by atoms with Gasteiger partial charge in [-0.05, 0) is 61.2 Å². The number of hydrogen-bond donors (Lipinski definition) is 1. The molecule has 0 heterocycles. The van der Waals surface area contributed by atoms with Gasteiger partial charge in [-0.25, -0.2) is 0 Å². The average molecular weight is 281 g/mol. The van der Waals surface area contributed by atoms with E-state index in [0.29, 0.717) is 16.7 Å². The molecular weight excluding hydrogens is 246 g/mol. The fourth-order valence-electron chi connectivity index (χ4n) is 3.96. The Morgan fingerprint density at radius 3 is 2.20 bits per heavy atom. The van der Waals surface area contributed by atoms with Crippen molar-refractivity contribution in [3.05, 3.63) is 0 Å². The van der Waals surface area contributed by atoms with Crippen LogP contribution >= 0.6 is 0 Å². The van der Waals surface area contributed by atoms with Crippen LogP contribution in [0.3, 0.4) is 0 Å². The summed E-state index contributed by atoms with van der Waals surface area (Å²) >= 11 is 0. The molecule has 0 saturated heterocycles. The average Bonchev–Trinajstić information content (AvgIpc) is 3.20. The maximum absolute atomic E-state index is 5.47. The first-order valence-corrected chi connectivity index (χ1v) is 8.60. The van der Waals surface area contributed by atoms with E-state index in [-0.39, 0.29) is 0 Å². The van der Waals surface area contributed by atoms with Crippen molar-refractivity contribution in [3.8, 4) is 0 Å². The van der Waals surface area contributed by atoms with Crippen molar-refractivity contribution in [1.82, 2.24) is 5.32 Å². The molecule has 2 heteroatoms. The lowest BCUT2D eigenvalue weighted by atomic mass is 9.60. The van der Waals surface area contributed by atoms with Crippen LogP contribution in [-0.4, -0.2) is 26.3 Å². The Morgan fingerprint density at radius 2 is 1.75 bits per heavy atom. The topological polar surface area (TPSA) is 21.3 Å². The van der Waals surface area contributed by atoms with Gasteiger partial charge < -0.3 is 10.1 Å². The molecule has 0 bridgehead atoms. The first-order valence-electron chi connectivity index (χ1n) is 8.60. The third-order valence-electron chi connectivity index (χ3n) is 5.99. The molecule has 0 aromatic carbocycles. The Kier molecular flexibility index (Phi) is 5.18. The van der Waals surface area contributed by atoms with E-state index in [1.54, 1.807) is 0 Å². The molecule has 2 aliphatic carbocycles. The van der Waals surface area contributed by atoms with Gasteiger partial charge in [0.15, 0.2) is 0 Å². The molecule has 1 N–H and O–H groups in total. The number of hydrogen-bond acceptors (Lipinski definition) is 2. The minimum Gasteiger partial charge on any atom is -0.384 e. The summed E-state index contributed by atoms with van der Waals surface area (Å²) in [5.41, 5.74) is 0.945. The second-order valence-corrected chi connectivity index (χ2v) is 8.51. The molecule has 2 aliphatic rings. The summed E-state index contributed by atoms with van der Waals surface area (Å²) < 4.78 is 5.47. The molecule has 0 aromatic heterocycles. The highest BCUT2D eigenvalue weighted by atomic mass is 16.5. The molecule has 0 radical (unpaired) electrons. The van der Waals surface area contributed by atoms with Crippen molar-refractivity contribution in [1.29, 1.82) is 0 Å². The fraction of sp³-hybridized carbons (Fsp3) is 1.00. The monoisotopic (exact) mass is 281 g/mol. The molecule has 2 rings (SSSR count). The van der Waals surface area contributed by atoms with E-state index in [1.807, 2.05) is 7.11 Å². The summed E-state index contributed by atoms with van der Waals surface area (Å²) in [6, 6.07) is 0.821. The van der Waals surface area contributed by atoms with E-state index in [9.17, 15) is 0 Å². The predicted molar refractivity (Wildman–Crippen MR) is 85.9 cm³/mol. The third-order valence-corrected chi connectivity index (χ3v) is 5.99. The molecule has 1 atom stereocenters. The van der Waals surface area contributed by atoms with Crippen LogP contribution in [0.15, 0.2) is 0 Å². The van der Waals surface area contributed by atoms with Crippen molar-refractivity contribution < 1.29 is 4.74 Å². The van der Waals surface area contributed by atoms with Crippen LogP contribution in [0.25, 0.3) is 0 Å². The zero-order valence-electron chi connectivity index (χ0n) is 14.3. The lowest BCUT2D eigenvalue weighted by Gasteiger charge is -2.47. The van der Waals surface area contributed by atoms with Crippen LogP contribution in [0.2, 0.25) is 0 Å². The SMILES string of the molecule is COCC(C)C1(CNC2CC2)CCC(C(C)(C)C)CC1. The van der Waals surface area contributed by atoms with E-state index < -0.39 is 0 Å². The zero-order valence-corrected chi connectivity index (χ0v) is 14.3. The number of nitrogens with one attached hydrogen (secondary N) is 1. The van der Waals surface area contributed by atoms with E-state index in [1.165, 1.54) is 45.1 Å². The molecule has 118 valence electrons. The van der Waals surface area contributed by atoms with Gasteiger partial charge in [0.05, 0.1) is 0 Å². The standard InChI is InChI=1S/C18H35NO/c1-14(12-20-5)18(13-19-16-6-7-16)10-8-15(9-11-18)17(2,3)4/h14-16,19H,6-13H2,1-5H3. The van der Waals surface area contributed by atoms with Gasteiger partial charge in [0.2, 0.25) is 0 Å². The molecule has 0 aromatic rings. The van der Waals surface area contributed by atoms with Gasteiger partial charge in [-0.1, -0.05) is 27.7 Å². The number of ether oxygens (including phenoxy) is 1. The van der Waals surface area contributed by atoms with Crippen LogP contribution in [0.5, 0.6) is 0 Å². The minimum absolute atomic E-state index is 0.473. The second kappa shape index (κ2) is 6.36. The van der Waals surface area contributed by atoms with Gasteiger partial charge in [0.1, 0.15) is 0 Å². The summed E-state index contributed by atoms with van der Waals surface area (Å²) in [6.07, 6.45) is 8.31. The lowest BCUT2D eigenvalue weighted by Crippen LogP contribution is -2.45. The molecule has 0 spiro atoms. The van der Waals surface area contributed by atoms with Gasteiger partial charge >= 0.3 is 0 Å². The third kappa shape index (κ3) is 3.98. The van der Waals surface area contributed by atoms with Crippen LogP contribution in [0.1, 0.15) is 66.2 Å². The Labute approximate surface area is 126 Å². The summed E-state index contributed by atoms with van der Waals surface area (Å²) in [7, 11) is 1.85. The highest BCUT2D eigenvalue weighted by Gasteiger charge is 2.42. The van der Waals surface area contributed by atoms with Crippen LogP contribution in [-0.2, 0) is 4.74 Å². The fourth-order valence-corrected chi connectivity index (χ4v) is 3.96. The Balaban J connectivity index is 1.97. The van der Waals surface area contributed by atoms with Crippen molar-refractivity contribution >= 4 is 0 Å². The molecule has 0 aliphatic heterocycles. The highest BCUT2D eigenvalue weighted by molar-refractivity contribution is 4.95. The van der Waals surface area contributed by atoms with Crippen LogP contribution < -0.4 is 5.32 Å². The summed E-state index contributed by atoms with van der Waals surface area (Å²) in [6.45, 7) is 11.7. The minimum atomic E-state index is 0.473. The molecular formula is C18H35NO. The lowest BCUT2D eigenvalue weighted by molar-refractivity contribution is 0.00932. The van der Waals surface area contributed by atoms with Gasteiger partial charge in [-0.2, -0.15) is 0 Å². The normalized spacial score (nSPS) is 33.1. The van der Waals surface area contributed by atoms with E-state index >= 15 is 0 Å². The van der Waals surface area contributed by atoms with Crippen LogP contribution in [0.4, 0.5) is 0 Å². The van der Waals surface area contributed by atoms with Crippen molar-refractivity contribution in [2.24, 2.45) is 22.7 Å². The quantitative estimate of drug-likeness (QED) is 0.786. The molecule has 2 nitrogen and oxygen atoms in total. The highest BCUT2D eigenvalue weighted by Crippen LogP contribution is 2.49. The molecule has 0 amide bonds. The summed E-state index contributed by atoms with van der Waals surface area (Å²) in [5, 5.41) is 3.80. The van der Waals surface area contributed by atoms with Crippen molar-refractivity contribution in [2.75, 3.05) is 20.3 Å². The molecule has 1 unspecified atom stereocenters. The second-order valence-electron chi connectivity index (χ2n) is 8.51. The van der Waals surface area contributed by atoms with Gasteiger partial charge in [0, 0.05) is 26.3 Å². The first kappa shape index (κ1) is 16.3. The summed E-state index contributed by atoms with van der Waals surface area (Å²) in [4.78, 5) is 0. The molecule has 2 fully saturated rings. The first-order chi connectivity index (χ1) is 9.37. The smallest absolute Gasteiger partial charge is 0.0493 e. The van der Waals surface area contributed by atoms with E-state index in [0.717, 1.165) is 18.6 Å². The van der Waals surface area contributed by atoms with Crippen molar-refractivity contribution in [3.63, 3.8) is 0 Å². The number of rotatable bonds is 6. The van der Waals surface area contributed by atoms with Crippen LogP contribution in [0, 0.1) is 22.7 Å². The van der Waals surface area contributed by atoms with Gasteiger partial charge in [0.25, 0.3) is 0 Å². The largest absolute Gasteiger partial charge is 0.384 e.